The molecule has 0 atom stereocenters. The molecule has 1 aromatic carbocycles. The van der Waals surface area contributed by atoms with Gasteiger partial charge in [-0.15, -0.1) is 0 Å². The van der Waals surface area contributed by atoms with Gasteiger partial charge < -0.3 is 9.64 Å². The highest BCUT2D eigenvalue weighted by Crippen LogP contribution is 2.29. The van der Waals surface area contributed by atoms with Crippen LogP contribution < -0.4 is 0 Å². The molecule has 0 spiro atoms. The minimum absolute atomic E-state index is 0.202. The number of halogens is 1. The average Bonchev–Trinajstić information content (AvgIpc) is 3.25. The van der Waals surface area contributed by atoms with Crippen molar-refractivity contribution in [2.45, 2.75) is 46.1 Å². The van der Waals surface area contributed by atoms with E-state index < -0.39 is 0 Å². The molecule has 0 radical (unpaired) electrons. The molecule has 1 fully saturated rings. The first-order valence-corrected chi connectivity index (χ1v) is 11.0. The van der Waals surface area contributed by atoms with Crippen molar-refractivity contribution in [1.29, 1.82) is 0 Å². The maximum Gasteiger partial charge on any atom is 0.409 e. The van der Waals surface area contributed by atoms with Crippen LogP contribution in [0.15, 0.2) is 24.3 Å². The number of carbonyl (C=O) groups is 1. The van der Waals surface area contributed by atoms with Gasteiger partial charge in [0.1, 0.15) is 5.82 Å². The molecule has 0 unspecified atom stereocenters. The van der Waals surface area contributed by atoms with Crippen molar-refractivity contribution in [3.8, 4) is 5.69 Å². The predicted molar refractivity (Wildman–Crippen MR) is 113 cm³/mol. The van der Waals surface area contributed by atoms with Crippen molar-refractivity contribution in [1.82, 2.24) is 19.6 Å². The second-order valence-corrected chi connectivity index (χ2v) is 8.70. The number of ether oxygens (including phenoxy) is 1. The number of hydrogen-bond donors (Lipinski definition) is 0. The van der Waals surface area contributed by atoms with Crippen LogP contribution in [0.2, 0.25) is 0 Å². The van der Waals surface area contributed by atoms with E-state index in [-0.39, 0.29) is 11.9 Å². The van der Waals surface area contributed by atoms with E-state index in [1.165, 1.54) is 23.4 Å². The molecule has 162 valence electrons. The molecule has 0 bridgehead atoms. The Morgan fingerprint density at radius 2 is 1.90 bits per heavy atom. The standard InChI is InChI=1S/C23H31FN4O2/c1-17(2)16-30-23(29)27-12-4-11-26(13-14-27)15-21-20-5-3-6-22(20)28(25-21)19-9-7-18(24)8-10-19/h7-10,17H,3-6,11-16H2,1-2H3. The molecule has 30 heavy (non-hydrogen) atoms. The Morgan fingerprint density at radius 3 is 2.67 bits per heavy atom. The summed E-state index contributed by atoms with van der Waals surface area (Å²) in [5.74, 6) is 0.111. The first-order chi connectivity index (χ1) is 14.5. The third-order valence-corrected chi connectivity index (χ3v) is 5.84. The van der Waals surface area contributed by atoms with E-state index in [4.69, 9.17) is 9.84 Å². The molecule has 2 heterocycles. The normalized spacial score (nSPS) is 17.3. The van der Waals surface area contributed by atoms with Gasteiger partial charge in [-0.3, -0.25) is 4.90 Å². The number of fused-ring (bicyclic) bond motifs is 1. The number of carbonyl (C=O) groups excluding carboxylic acids is 1. The van der Waals surface area contributed by atoms with Gasteiger partial charge in [-0.2, -0.15) is 5.10 Å². The van der Waals surface area contributed by atoms with Gasteiger partial charge in [-0.1, -0.05) is 13.8 Å². The molecule has 6 nitrogen and oxygen atoms in total. The maximum absolute atomic E-state index is 13.3. The predicted octanol–water partition coefficient (Wildman–Crippen LogP) is 3.80. The van der Waals surface area contributed by atoms with Gasteiger partial charge in [-0.25, -0.2) is 13.9 Å². The Balaban J connectivity index is 1.43. The van der Waals surface area contributed by atoms with Crippen LogP contribution in [0.25, 0.3) is 5.69 Å². The Hall–Kier alpha value is -2.41. The van der Waals surface area contributed by atoms with Crippen molar-refractivity contribution in [3.05, 3.63) is 47.0 Å². The minimum atomic E-state index is -0.233. The fraction of sp³-hybridized carbons (Fsp3) is 0.565. The van der Waals surface area contributed by atoms with E-state index in [9.17, 15) is 9.18 Å². The lowest BCUT2D eigenvalue weighted by molar-refractivity contribution is 0.0930. The van der Waals surface area contributed by atoms with E-state index >= 15 is 0 Å². The van der Waals surface area contributed by atoms with Crippen LogP contribution in [0.1, 0.15) is 43.6 Å². The Morgan fingerprint density at radius 1 is 1.10 bits per heavy atom. The van der Waals surface area contributed by atoms with Crippen LogP contribution in [-0.4, -0.2) is 58.5 Å². The van der Waals surface area contributed by atoms with E-state index in [1.54, 1.807) is 12.1 Å². The van der Waals surface area contributed by atoms with Crippen molar-refractivity contribution in [2.24, 2.45) is 5.92 Å². The zero-order chi connectivity index (χ0) is 21.1. The summed E-state index contributed by atoms with van der Waals surface area (Å²) in [6.07, 6.45) is 3.92. The smallest absolute Gasteiger partial charge is 0.409 e. The van der Waals surface area contributed by atoms with Crippen LogP contribution in [0.4, 0.5) is 9.18 Å². The first-order valence-electron chi connectivity index (χ1n) is 11.0. The highest BCUT2D eigenvalue weighted by molar-refractivity contribution is 5.67. The average molecular weight is 415 g/mol. The molecule has 1 amide bonds. The molecule has 0 N–H and O–H groups in total. The number of amides is 1. The SMILES string of the molecule is CC(C)COC(=O)N1CCCN(Cc2nn(-c3ccc(F)cc3)c3c2CCC3)CC1. The van der Waals surface area contributed by atoms with Crippen LogP contribution in [0.3, 0.4) is 0 Å². The number of aromatic nitrogens is 2. The summed E-state index contributed by atoms with van der Waals surface area (Å²) < 4.78 is 20.7. The van der Waals surface area contributed by atoms with E-state index in [1.807, 2.05) is 23.4 Å². The van der Waals surface area contributed by atoms with Gasteiger partial charge >= 0.3 is 6.09 Å². The zero-order valence-corrected chi connectivity index (χ0v) is 17.9. The number of nitrogens with zero attached hydrogens (tertiary/aromatic N) is 4. The Labute approximate surface area is 177 Å². The third kappa shape index (κ3) is 4.67. The van der Waals surface area contributed by atoms with Crippen molar-refractivity contribution in [2.75, 3.05) is 32.8 Å². The molecule has 2 aromatic rings. The second kappa shape index (κ2) is 9.16. The molecule has 4 rings (SSSR count). The Bertz CT molecular complexity index is 878. The van der Waals surface area contributed by atoms with Gasteiger partial charge in [0.05, 0.1) is 18.0 Å². The highest BCUT2D eigenvalue weighted by atomic mass is 19.1. The summed E-state index contributed by atoms with van der Waals surface area (Å²) in [6, 6.07) is 6.55. The monoisotopic (exact) mass is 414 g/mol. The number of rotatable bonds is 5. The van der Waals surface area contributed by atoms with Crippen LogP contribution in [0, 0.1) is 11.7 Å². The second-order valence-electron chi connectivity index (χ2n) is 8.70. The molecule has 1 aliphatic heterocycles. The molecular weight excluding hydrogens is 383 g/mol. The molecule has 2 aliphatic rings. The third-order valence-electron chi connectivity index (χ3n) is 5.84. The summed E-state index contributed by atoms with van der Waals surface area (Å²) >= 11 is 0. The summed E-state index contributed by atoms with van der Waals surface area (Å²) in [4.78, 5) is 16.5. The number of benzene rings is 1. The lowest BCUT2D eigenvalue weighted by Gasteiger charge is -2.21. The van der Waals surface area contributed by atoms with E-state index in [2.05, 4.69) is 4.90 Å². The quantitative estimate of drug-likeness (QED) is 0.747. The lowest BCUT2D eigenvalue weighted by atomic mass is 10.2. The summed E-state index contributed by atoms with van der Waals surface area (Å²) in [6.45, 7) is 8.49. The minimum Gasteiger partial charge on any atom is -0.449 e. The fourth-order valence-electron chi connectivity index (χ4n) is 4.29. The Kier molecular flexibility index (Phi) is 6.37. The van der Waals surface area contributed by atoms with Crippen molar-refractivity contribution >= 4 is 6.09 Å². The van der Waals surface area contributed by atoms with Crippen LogP contribution >= 0.6 is 0 Å². The lowest BCUT2D eigenvalue weighted by Crippen LogP contribution is -2.36. The van der Waals surface area contributed by atoms with Crippen LogP contribution in [0.5, 0.6) is 0 Å². The van der Waals surface area contributed by atoms with Crippen molar-refractivity contribution in [3.63, 3.8) is 0 Å². The largest absolute Gasteiger partial charge is 0.449 e. The van der Waals surface area contributed by atoms with E-state index in [0.29, 0.717) is 19.1 Å². The fourth-order valence-corrected chi connectivity index (χ4v) is 4.29. The van der Waals surface area contributed by atoms with Gasteiger partial charge in [0.15, 0.2) is 0 Å². The maximum atomic E-state index is 13.3. The topological polar surface area (TPSA) is 50.6 Å². The van der Waals surface area contributed by atoms with Crippen LogP contribution in [-0.2, 0) is 24.1 Å². The zero-order valence-electron chi connectivity index (χ0n) is 17.9. The van der Waals surface area contributed by atoms with Gasteiger partial charge in [0, 0.05) is 38.4 Å². The molecule has 1 aliphatic carbocycles. The highest BCUT2D eigenvalue weighted by Gasteiger charge is 2.26. The molecule has 1 saturated heterocycles. The van der Waals surface area contributed by atoms with Gasteiger partial charge in [0.2, 0.25) is 0 Å². The van der Waals surface area contributed by atoms with Gasteiger partial charge in [-0.05, 0) is 61.4 Å². The molecule has 1 aromatic heterocycles. The molecular formula is C23H31FN4O2. The first kappa shape index (κ1) is 20.8. The van der Waals surface area contributed by atoms with Crippen molar-refractivity contribution < 1.29 is 13.9 Å². The molecule has 7 heteroatoms. The number of hydrogen-bond acceptors (Lipinski definition) is 4. The summed E-state index contributed by atoms with van der Waals surface area (Å²) in [5, 5.41) is 4.91. The molecule has 0 saturated carbocycles. The summed E-state index contributed by atoms with van der Waals surface area (Å²) in [7, 11) is 0. The van der Waals surface area contributed by atoms with Gasteiger partial charge in [0.25, 0.3) is 0 Å². The van der Waals surface area contributed by atoms with E-state index in [0.717, 1.165) is 63.2 Å². The summed E-state index contributed by atoms with van der Waals surface area (Å²) in [5.41, 5.74) is 4.63.